The summed E-state index contributed by atoms with van der Waals surface area (Å²) in [5.41, 5.74) is 4.77. The summed E-state index contributed by atoms with van der Waals surface area (Å²) in [7, 11) is 0. The van der Waals surface area contributed by atoms with Crippen LogP contribution in [-0.4, -0.2) is 42.4 Å². The number of H-pyrrole nitrogens is 1. The van der Waals surface area contributed by atoms with Gasteiger partial charge in [0.2, 0.25) is 0 Å². The van der Waals surface area contributed by atoms with Crippen molar-refractivity contribution in [3.63, 3.8) is 0 Å². The highest BCUT2D eigenvalue weighted by atomic mass is 16.3. The lowest BCUT2D eigenvalue weighted by molar-refractivity contribution is 0.0722. The molecule has 5 rings (SSSR count). The average molecular weight is 371 g/mol. The Morgan fingerprint density at radius 3 is 2.79 bits per heavy atom. The predicted molar refractivity (Wildman–Crippen MR) is 103 cm³/mol. The molecule has 2 N–H and O–H groups in total. The van der Waals surface area contributed by atoms with Crippen molar-refractivity contribution < 1.29 is 9.90 Å². The SMILES string of the molecule is O=C(c1ccc2nccnc2c1)N1Cc2[nH]cnc2C(c2cccc(O)c2)C1. The van der Waals surface area contributed by atoms with E-state index in [0.29, 0.717) is 24.2 Å². The number of phenols is 1. The molecule has 7 heteroatoms. The molecule has 7 nitrogen and oxygen atoms in total. The van der Waals surface area contributed by atoms with Crippen molar-refractivity contribution in [3.8, 4) is 5.75 Å². The molecule has 0 radical (unpaired) electrons. The lowest BCUT2D eigenvalue weighted by atomic mass is 9.90. The topological polar surface area (TPSA) is 95.0 Å². The summed E-state index contributed by atoms with van der Waals surface area (Å²) >= 11 is 0. The van der Waals surface area contributed by atoms with E-state index in [1.54, 1.807) is 54.0 Å². The van der Waals surface area contributed by atoms with Gasteiger partial charge in [0.25, 0.3) is 5.91 Å². The molecule has 1 aliphatic heterocycles. The monoisotopic (exact) mass is 371 g/mol. The van der Waals surface area contributed by atoms with Crippen LogP contribution in [0.5, 0.6) is 5.75 Å². The summed E-state index contributed by atoms with van der Waals surface area (Å²) < 4.78 is 0. The lowest BCUT2D eigenvalue weighted by Crippen LogP contribution is -2.38. The van der Waals surface area contributed by atoms with E-state index in [2.05, 4.69) is 19.9 Å². The van der Waals surface area contributed by atoms with Crippen LogP contribution in [0, 0.1) is 0 Å². The van der Waals surface area contributed by atoms with Crippen molar-refractivity contribution in [1.29, 1.82) is 0 Å². The maximum atomic E-state index is 13.2. The smallest absolute Gasteiger partial charge is 0.254 e. The third kappa shape index (κ3) is 2.77. The van der Waals surface area contributed by atoms with Crippen LogP contribution in [0.15, 0.2) is 61.2 Å². The summed E-state index contributed by atoms with van der Waals surface area (Å²) in [6, 6.07) is 12.5. The van der Waals surface area contributed by atoms with E-state index in [1.807, 2.05) is 12.1 Å². The Bertz CT molecular complexity index is 1190. The number of aromatic nitrogens is 4. The molecular weight excluding hydrogens is 354 g/mol. The number of hydrogen-bond donors (Lipinski definition) is 2. The van der Waals surface area contributed by atoms with E-state index in [0.717, 1.165) is 22.5 Å². The molecule has 3 heterocycles. The lowest BCUT2D eigenvalue weighted by Gasteiger charge is -2.32. The molecule has 0 saturated heterocycles. The van der Waals surface area contributed by atoms with Gasteiger partial charge in [-0.3, -0.25) is 14.8 Å². The zero-order chi connectivity index (χ0) is 19.1. The van der Waals surface area contributed by atoms with Crippen molar-refractivity contribution >= 4 is 16.9 Å². The maximum absolute atomic E-state index is 13.2. The van der Waals surface area contributed by atoms with Crippen LogP contribution in [0.25, 0.3) is 11.0 Å². The van der Waals surface area contributed by atoms with Gasteiger partial charge in [-0.25, -0.2) is 4.98 Å². The van der Waals surface area contributed by atoms with Gasteiger partial charge in [0.1, 0.15) is 5.75 Å². The van der Waals surface area contributed by atoms with E-state index in [-0.39, 0.29) is 17.6 Å². The Morgan fingerprint density at radius 2 is 1.93 bits per heavy atom. The number of nitrogens with one attached hydrogen (secondary N) is 1. The number of imidazole rings is 1. The number of carbonyl (C=O) groups excluding carboxylic acids is 1. The van der Waals surface area contributed by atoms with Gasteiger partial charge in [0.05, 0.1) is 35.3 Å². The van der Waals surface area contributed by atoms with Crippen LogP contribution in [0.3, 0.4) is 0 Å². The van der Waals surface area contributed by atoms with Gasteiger partial charge in [0, 0.05) is 30.4 Å². The zero-order valence-corrected chi connectivity index (χ0v) is 14.9. The average Bonchev–Trinajstić information content (AvgIpc) is 3.21. The molecule has 4 aromatic rings. The number of amides is 1. The summed E-state index contributed by atoms with van der Waals surface area (Å²) in [5, 5.41) is 9.87. The number of carbonyl (C=O) groups is 1. The maximum Gasteiger partial charge on any atom is 0.254 e. The Labute approximate surface area is 160 Å². The first-order valence-electron chi connectivity index (χ1n) is 9.00. The minimum absolute atomic E-state index is 0.0713. The highest BCUT2D eigenvalue weighted by molar-refractivity contribution is 5.97. The fraction of sp³-hybridized carbons (Fsp3) is 0.143. The number of hydrogen-bond acceptors (Lipinski definition) is 5. The van der Waals surface area contributed by atoms with Crippen LogP contribution in [-0.2, 0) is 6.54 Å². The number of phenolic OH excluding ortho intramolecular Hbond substituents is 1. The Balaban J connectivity index is 1.51. The number of aromatic amines is 1. The molecule has 0 saturated carbocycles. The number of fused-ring (bicyclic) bond motifs is 2. The molecule has 0 aliphatic carbocycles. The number of benzene rings is 2. The molecule has 28 heavy (non-hydrogen) atoms. The van der Waals surface area contributed by atoms with Crippen molar-refractivity contribution in [1.82, 2.24) is 24.8 Å². The van der Waals surface area contributed by atoms with Gasteiger partial charge in [-0.2, -0.15) is 0 Å². The number of nitrogens with zero attached hydrogens (tertiary/aromatic N) is 4. The fourth-order valence-corrected chi connectivity index (χ4v) is 3.76. The Morgan fingerprint density at radius 1 is 1.07 bits per heavy atom. The Hall–Kier alpha value is -3.74. The molecule has 1 amide bonds. The highest BCUT2D eigenvalue weighted by Gasteiger charge is 2.32. The van der Waals surface area contributed by atoms with Crippen molar-refractivity contribution in [3.05, 3.63) is 83.7 Å². The van der Waals surface area contributed by atoms with Crippen LogP contribution < -0.4 is 0 Å². The van der Waals surface area contributed by atoms with Crippen LogP contribution >= 0.6 is 0 Å². The largest absolute Gasteiger partial charge is 0.508 e. The standard InChI is InChI=1S/C21H17N5O2/c27-15-3-1-2-13(8-15)16-10-26(11-19-20(16)25-12-24-19)21(28)14-4-5-17-18(9-14)23-7-6-22-17/h1-9,12,16,27H,10-11H2,(H,24,25). The second-order valence-electron chi connectivity index (χ2n) is 6.86. The van der Waals surface area contributed by atoms with E-state index in [1.165, 1.54) is 0 Å². The van der Waals surface area contributed by atoms with Crippen LogP contribution in [0.4, 0.5) is 0 Å². The molecule has 138 valence electrons. The predicted octanol–water partition coefficient (Wildman–Crippen LogP) is 2.85. The minimum Gasteiger partial charge on any atom is -0.508 e. The molecule has 1 unspecified atom stereocenters. The fourth-order valence-electron chi connectivity index (χ4n) is 3.76. The van der Waals surface area contributed by atoms with E-state index in [9.17, 15) is 9.90 Å². The molecule has 1 aliphatic rings. The first-order valence-corrected chi connectivity index (χ1v) is 9.00. The first kappa shape index (κ1) is 16.4. The second kappa shape index (κ2) is 6.45. The van der Waals surface area contributed by atoms with E-state index >= 15 is 0 Å². The van der Waals surface area contributed by atoms with Gasteiger partial charge in [-0.15, -0.1) is 0 Å². The molecule has 2 aromatic heterocycles. The van der Waals surface area contributed by atoms with Gasteiger partial charge in [-0.05, 0) is 35.9 Å². The first-order chi connectivity index (χ1) is 13.7. The molecule has 1 atom stereocenters. The van der Waals surface area contributed by atoms with Crippen molar-refractivity contribution in [2.45, 2.75) is 12.5 Å². The van der Waals surface area contributed by atoms with E-state index in [4.69, 9.17) is 0 Å². The summed E-state index contributed by atoms with van der Waals surface area (Å²) in [5.74, 6) is 0.0235. The quantitative estimate of drug-likeness (QED) is 0.565. The van der Waals surface area contributed by atoms with Crippen LogP contribution in [0.1, 0.15) is 33.2 Å². The van der Waals surface area contributed by atoms with Crippen molar-refractivity contribution in [2.75, 3.05) is 6.54 Å². The van der Waals surface area contributed by atoms with Gasteiger partial charge >= 0.3 is 0 Å². The third-order valence-electron chi connectivity index (χ3n) is 5.11. The highest BCUT2D eigenvalue weighted by Crippen LogP contribution is 2.33. The van der Waals surface area contributed by atoms with Gasteiger partial charge in [-0.1, -0.05) is 12.1 Å². The molecule has 0 fully saturated rings. The third-order valence-corrected chi connectivity index (χ3v) is 5.11. The van der Waals surface area contributed by atoms with Gasteiger partial charge in [0.15, 0.2) is 0 Å². The summed E-state index contributed by atoms with van der Waals surface area (Å²) in [6.45, 7) is 0.945. The van der Waals surface area contributed by atoms with Crippen LogP contribution in [0.2, 0.25) is 0 Å². The van der Waals surface area contributed by atoms with E-state index < -0.39 is 0 Å². The Kier molecular flexibility index (Phi) is 3.79. The zero-order valence-electron chi connectivity index (χ0n) is 14.9. The molecular formula is C21H17N5O2. The number of rotatable bonds is 2. The minimum atomic E-state index is -0.105. The number of aromatic hydroxyl groups is 1. The normalized spacial score (nSPS) is 16.1. The van der Waals surface area contributed by atoms with Gasteiger partial charge < -0.3 is 15.0 Å². The molecule has 0 spiro atoms. The summed E-state index contributed by atoms with van der Waals surface area (Å²) in [4.78, 5) is 31.2. The summed E-state index contributed by atoms with van der Waals surface area (Å²) in [6.07, 6.45) is 4.90. The molecule has 2 aromatic carbocycles. The van der Waals surface area contributed by atoms with Crippen molar-refractivity contribution in [2.24, 2.45) is 0 Å². The molecule has 0 bridgehead atoms. The second-order valence-corrected chi connectivity index (χ2v) is 6.86.